The summed E-state index contributed by atoms with van der Waals surface area (Å²) < 4.78 is 0. The average molecular weight is 405 g/mol. The van der Waals surface area contributed by atoms with Gasteiger partial charge in [0.2, 0.25) is 0 Å². The van der Waals surface area contributed by atoms with E-state index in [1.54, 1.807) is 12.4 Å². The van der Waals surface area contributed by atoms with E-state index in [1.165, 1.54) is 16.9 Å². The third-order valence-electron chi connectivity index (χ3n) is 5.05. The molecule has 0 radical (unpaired) electrons. The molecule has 1 fully saturated rings. The molecule has 3 aromatic rings. The zero-order valence-electron chi connectivity index (χ0n) is 16.5. The summed E-state index contributed by atoms with van der Waals surface area (Å²) in [5, 5.41) is 0.873. The van der Waals surface area contributed by atoms with Gasteiger partial charge >= 0.3 is 0 Å². The Morgan fingerprint density at radius 1 is 1.07 bits per heavy atom. The Labute approximate surface area is 175 Å². The van der Waals surface area contributed by atoms with Gasteiger partial charge in [-0.25, -0.2) is 4.98 Å². The highest BCUT2D eigenvalue weighted by Gasteiger charge is 2.25. The second-order valence-electron chi connectivity index (χ2n) is 7.08. The van der Waals surface area contributed by atoms with Gasteiger partial charge in [-0.05, 0) is 24.6 Å². The number of hydrogen-bond donors (Lipinski definition) is 0. The number of aromatic nitrogens is 2. The van der Waals surface area contributed by atoms with Crippen molar-refractivity contribution in [2.75, 3.05) is 32.7 Å². The van der Waals surface area contributed by atoms with E-state index in [0.29, 0.717) is 0 Å². The number of hydrogen-bond acceptors (Lipinski definition) is 5. The molecule has 148 valence electrons. The van der Waals surface area contributed by atoms with Crippen molar-refractivity contribution in [3.63, 3.8) is 0 Å². The fraction of sp³-hybridized carbons (Fsp3) is 0.261. The number of thiazole rings is 1. The van der Waals surface area contributed by atoms with Crippen LogP contribution in [0.2, 0.25) is 0 Å². The fourth-order valence-electron chi connectivity index (χ4n) is 3.39. The third-order valence-corrected chi connectivity index (χ3v) is 6.25. The number of amides is 1. The van der Waals surface area contributed by atoms with E-state index in [2.05, 4.69) is 39.2 Å². The van der Waals surface area contributed by atoms with Gasteiger partial charge in [0.25, 0.3) is 5.91 Å². The topological polar surface area (TPSA) is 49.3 Å². The van der Waals surface area contributed by atoms with Crippen LogP contribution in [0, 0.1) is 6.92 Å². The molecule has 0 bridgehead atoms. The maximum atomic E-state index is 13.0. The fourth-order valence-corrected chi connectivity index (χ4v) is 4.43. The molecule has 1 amide bonds. The van der Waals surface area contributed by atoms with Crippen molar-refractivity contribution >= 4 is 23.3 Å². The minimum Gasteiger partial charge on any atom is -0.335 e. The Balaban J connectivity index is 1.33. The number of piperazine rings is 1. The first-order valence-corrected chi connectivity index (χ1v) is 10.6. The molecule has 6 heteroatoms. The first-order chi connectivity index (χ1) is 14.2. The van der Waals surface area contributed by atoms with Crippen molar-refractivity contribution in [3.05, 3.63) is 77.1 Å². The maximum absolute atomic E-state index is 13.0. The third kappa shape index (κ3) is 4.78. The maximum Gasteiger partial charge on any atom is 0.265 e. The Bertz CT molecular complexity index is 977. The minimum atomic E-state index is 0.0970. The van der Waals surface area contributed by atoms with E-state index in [4.69, 9.17) is 0 Å². The van der Waals surface area contributed by atoms with Crippen LogP contribution in [0.25, 0.3) is 16.6 Å². The summed E-state index contributed by atoms with van der Waals surface area (Å²) in [5.74, 6) is 0.0970. The van der Waals surface area contributed by atoms with Crippen LogP contribution in [0.5, 0.6) is 0 Å². The van der Waals surface area contributed by atoms with Gasteiger partial charge in [0.05, 0.1) is 5.69 Å². The summed E-state index contributed by atoms with van der Waals surface area (Å²) in [6.07, 6.45) is 7.85. The van der Waals surface area contributed by atoms with E-state index < -0.39 is 0 Å². The molecule has 4 rings (SSSR count). The van der Waals surface area contributed by atoms with Gasteiger partial charge in [0.1, 0.15) is 9.88 Å². The number of pyridine rings is 1. The molecule has 0 saturated carbocycles. The van der Waals surface area contributed by atoms with Crippen LogP contribution in [-0.4, -0.2) is 58.4 Å². The zero-order chi connectivity index (χ0) is 20.1. The van der Waals surface area contributed by atoms with Crippen LogP contribution in [0.15, 0.2) is 60.9 Å². The molecule has 0 spiro atoms. The molecule has 1 aliphatic heterocycles. The van der Waals surface area contributed by atoms with Crippen molar-refractivity contribution < 1.29 is 4.79 Å². The number of nitrogens with zero attached hydrogens (tertiary/aromatic N) is 4. The van der Waals surface area contributed by atoms with E-state index in [9.17, 15) is 4.79 Å². The van der Waals surface area contributed by atoms with Gasteiger partial charge in [0.15, 0.2) is 0 Å². The van der Waals surface area contributed by atoms with Crippen LogP contribution in [0.3, 0.4) is 0 Å². The quantitative estimate of drug-likeness (QED) is 0.645. The van der Waals surface area contributed by atoms with Crippen molar-refractivity contribution in [3.8, 4) is 10.6 Å². The molecular weight excluding hydrogens is 380 g/mol. The second-order valence-corrected chi connectivity index (χ2v) is 8.07. The van der Waals surface area contributed by atoms with Gasteiger partial charge in [-0.15, -0.1) is 11.3 Å². The smallest absolute Gasteiger partial charge is 0.265 e. The minimum absolute atomic E-state index is 0.0970. The van der Waals surface area contributed by atoms with Crippen molar-refractivity contribution in [2.24, 2.45) is 0 Å². The molecule has 2 aromatic heterocycles. The number of rotatable bonds is 5. The number of carbonyl (C=O) groups excluding carboxylic acids is 1. The highest BCUT2D eigenvalue weighted by atomic mass is 32.1. The normalized spacial score (nSPS) is 15.1. The molecule has 0 N–H and O–H groups in total. The van der Waals surface area contributed by atoms with Crippen LogP contribution >= 0.6 is 11.3 Å². The molecule has 3 heterocycles. The second kappa shape index (κ2) is 9.11. The van der Waals surface area contributed by atoms with Crippen molar-refractivity contribution in [1.82, 2.24) is 19.8 Å². The summed E-state index contributed by atoms with van der Waals surface area (Å²) in [7, 11) is 0. The number of aryl methyl sites for hydroxylation is 1. The van der Waals surface area contributed by atoms with Gasteiger partial charge in [-0.3, -0.25) is 14.7 Å². The summed E-state index contributed by atoms with van der Waals surface area (Å²) in [6.45, 7) is 6.10. The van der Waals surface area contributed by atoms with Gasteiger partial charge in [-0.2, -0.15) is 0 Å². The Hall–Kier alpha value is -2.83. The molecule has 1 aromatic carbocycles. The van der Waals surface area contributed by atoms with Gasteiger partial charge in [-0.1, -0.05) is 42.5 Å². The van der Waals surface area contributed by atoms with Crippen molar-refractivity contribution in [2.45, 2.75) is 6.92 Å². The number of carbonyl (C=O) groups is 1. The van der Waals surface area contributed by atoms with Crippen LogP contribution in [0.4, 0.5) is 0 Å². The monoisotopic (exact) mass is 404 g/mol. The zero-order valence-corrected chi connectivity index (χ0v) is 17.3. The molecule has 0 unspecified atom stereocenters. The number of benzene rings is 1. The first-order valence-electron chi connectivity index (χ1n) is 9.82. The highest BCUT2D eigenvalue weighted by Crippen LogP contribution is 2.28. The SMILES string of the molecule is Cc1nc(-c2ccncc2)sc1C(=O)N1CCN(C/C=C/c2ccccc2)CC1. The lowest BCUT2D eigenvalue weighted by molar-refractivity contribution is 0.0654. The summed E-state index contributed by atoms with van der Waals surface area (Å²) in [6, 6.07) is 14.2. The Morgan fingerprint density at radius 3 is 2.52 bits per heavy atom. The van der Waals surface area contributed by atoms with Crippen LogP contribution < -0.4 is 0 Å². The van der Waals surface area contributed by atoms with Crippen LogP contribution in [0.1, 0.15) is 20.9 Å². The van der Waals surface area contributed by atoms with Gasteiger partial charge in [0, 0.05) is 50.7 Å². The molecule has 1 aliphatic rings. The predicted octanol–water partition coefficient (Wildman–Crippen LogP) is 3.98. The first kappa shape index (κ1) is 19.5. The average Bonchev–Trinajstić information content (AvgIpc) is 3.17. The van der Waals surface area contributed by atoms with Crippen LogP contribution in [-0.2, 0) is 0 Å². The predicted molar refractivity (Wildman–Crippen MR) is 118 cm³/mol. The Morgan fingerprint density at radius 2 is 1.79 bits per heavy atom. The largest absolute Gasteiger partial charge is 0.335 e. The lowest BCUT2D eigenvalue weighted by Gasteiger charge is -2.34. The standard InChI is InChI=1S/C23H24N4OS/c1-18-21(29-22(25-18)20-9-11-24-12-10-20)23(28)27-16-14-26(15-17-27)13-5-8-19-6-3-2-4-7-19/h2-12H,13-17H2,1H3/b8-5+. The van der Waals surface area contributed by atoms with Gasteiger partial charge < -0.3 is 4.90 Å². The molecule has 5 nitrogen and oxygen atoms in total. The summed E-state index contributed by atoms with van der Waals surface area (Å²) >= 11 is 1.47. The summed E-state index contributed by atoms with van der Waals surface area (Å²) in [4.78, 5) is 26.8. The van der Waals surface area contributed by atoms with Crippen molar-refractivity contribution in [1.29, 1.82) is 0 Å². The molecule has 29 heavy (non-hydrogen) atoms. The van der Waals surface area contributed by atoms with E-state index in [1.807, 2.05) is 42.2 Å². The molecular formula is C23H24N4OS. The van der Waals surface area contributed by atoms with E-state index in [0.717, 1.165) is 53.9 Å². The summed E-state index contributed by atoms with van der Waals surface area (Å²) in [5.41, 5.74) is 3.02. The molecule has 0 atom stereocenters. The van der Waals surface area contributed by atoms with E-state index in [-0.39, 0.29) is 5.91 Å². The lowest BCUT2D eigenvalue weighted by Crippen LogP contribution is -2.48. The molecule has 0 aliphatic carbocycles. The molecule has 1 saturated heterocycles. The van der Waals surface area contributed by atoms with E-state index >= 15 is 0 Å². The Kier molecular flexibility index (Phi) is 6.12. The lowest BCUT2D eigenvalue weighted by atomic mass is 10.2. The highest BCUT2D eigenvalue weighted by molar-refractivity contribution is 7.17.